The number of methoxy groups -OCH3 is 1. The maximum Gasteiger partial charge on any atom is 0.314 e. The van der Waals surface area contributed by atoms with Gasteiger partial charge in [0, 0.05) is 29.2 Å². The molecule has 6 N–H and O–H groups in total. The summed E-state index contributed by atoms with van der Waals surface area (Å²) in [4.78, 5) is 26.3. The van der Waals surface area contributed by atoms with Crippen molar-refractivity contribution in [2.75, 3.05) is 13.7 Å². The van der Waals surface area contributed by atoms with E-state index in [2.05, 4.69) is 27.4 Å². The third-order valence-corrected chi connectivity index (χ3v) is 3.65. The number of carboxylic acids is 2. The number of benzene rings is 1. The first-order chi connectivity index (χ1) is 13.9. The Kier molecular flexibility index (Phi) is 10.3. The molecule has 0 aliphatic rings. The minimum absolute atomic E-state index is 0.338. The molecule has 0 aliphatic carbocycles. The summed E-state index contributed by atoms with van der Waals surface area (Å²) >= 11 is 0. The molecule has 0 saturated carbocycles. The zero-order chi connectivity index (χ0) is 21.6. The molecule has 1 aromatic carbocycles. The van der Waals surface area contributed by atoms with Crippen LogP contribution in [0.15, 0.2) is 34.5 Å². The molecule has 0 amide bonds. The highest BCUT2D eigenvalue weighted by atomic mass is 16.5. The van der Waals surface area contributed by atoms with E-state index < -0.39 is 18.4 Å². The average molecular weight is 405 g/mol. The number of guanidine groups is 1. The summed E-state index contributed by atoms with van der Waals surface area (Å²) in [5, 5.41) is 20.6. The maximum atomic E-state index is 9.43. The Morgan fingerprint density at radius 3 is 2.59 bits per heavy atom. The fraction of sp³-hybridized carbons (Fsp3) is 0.368. The van der Waals surface area contributed by atoms with E-state index in [0.717, 1.165) is 41.6 Å². The van der Waals surface area contributed by atoms with E-state index in [-0.39, 0.29) is 0 Å². The van der Waals surface area contributed by atoms with Crippen LogP contribution >= 0.6 is 0 Å². The van der Waals surface area contributed by atoms with Crippen molar-refractivity contribution in [1.29, 1.82) is 0 Å². The fourth-order valence-electron chi connectivity index (χ4n) is 2.25. The molecular weight excluding hydrogens is 378 g/mol. The SMILES string of the molecule is CCCCCN=C(N)N/N=C/c1c[nH]c2ccc(OC)cc12.O=C(O)CC(=O)O. The maximum absolute atomic E-state index is 9.43. The third-order valence-electron chi connectivity index (χ3n) is 3.65. The lowest BCUT2D eigenvalue weighted by Crippen LogP contribution is -2.27. The lowest BCUT2D eigenvalue weighted by Gasteiger charge is -2.00. The van der Waals surface area contributed by atoms with Crippen LogP contribution in [0.3, 0.4) is 0 Å². The van der Waals surface area contributed by atoms with Crippen molar-refractivity contribution in [1.82, 2.24) is 10.4 Å². The van der Waals surface area contributed by atoms with Gasteiger partial charge in [0.25, 0.3) is 0 Å². The highest BCUT2D eigenvalue weighted by molar-refractivity contribution is 5.99. The van der Waals surface area contributed by atoms with Crippen LogP contribution in [-0.4, -0.2) is 53.0 Å². The number of fused-ring (bicyclic) bond motifs is 1. The van der Waals surface area contributed by atoms with Gasteiger partial charge in [0.2, 0.25) is 5.96 Å². The second kappa shape index (κ2) is 12.8. The number of rotatable bonds is 9. The van der Waals surface area contributed by atoms with Gasteiger partial charge in [-0.3, -0.25) is 14.6 Å². The molecule has 10 nitrogen and oxygen atoms in total. The minimum Gasteiger partial charge on any atom is -0.497 e. The lowest BCUT2D eigenvalue weighted by atomic mass is 10.2. The number of hydrazone groups is 1. The topological polar surface area (TPSA) is 162 Å². The van der Waals surface area contributed by atoms with Crippen molar-refractivity contribution >= 4 is 35.0 Å². The number of nitrogens with one attached hydrogen (secondary N) is 2. The molecule has 0 fully saturated rings. The van der Waals surface area contributed by atoms with E-state index in [1.54, 1.807) is 13.3 Å². The number of hydrogen-bond donors (Lipinski definition) is 5. The standard InChI is InChI=1S/C16H23N5O.C3H4O4/c1-3-4-5-8-18-16(17)21-20-11-12-10-19-15-7-6-13(22-2)9-14(12)15;4-2(5)1-3(6)7/h6-7,9-11,19H,3-5,8H2,1-2H3,(H3,17,18,21);1H2,(H,4,5)(H,6,7)/b20-11+;. The van der Waals surface area contributed by atoms with Gasteiger partial charge >= 0.3 is 11.9 Å². The summed E-state index contributed by atoms with van der Waals surface area (Å²) in [6.45, 7) is 2.89. The molecule has 0 unspecified atom stereocenters. The normalized spacial score (nSPS) is 11.2. The molecular formula is C19H27N5O5. The number of H-pyrrole nitrogens is 1. The Morgan fingerprint density at radius 2 is 2.00 bits per heavy atom. The first-order valence-corrected chi connectivity index (χ1v) is 9.05. The van der Waals surface area contributed by atoms with Gasteiger partial charge in [-0.15, -0.1) is 0 Å². The zero-order valence-corrected chi connectivity index (χ0v) is 16.5. The molecule has 2 rings (SSSR count). The van der Waals surface area contributed by atoms with E-state index in [1.807, 2.05) is 24.4 Å². The van der Waals surface area contributed by atoms with E-state index in [0.29, 0.717) is 5.96 Å². The van der Waals surface area contributed by atoms with Crippen LogP contribution in [0.25, 0.3) is 10.9 Å². The fourth-order valence-corrected chi connectivity index (χ4v) is 2.25. The predicted octanol–water partition coefficient (Wildman–Crippen LogP) is 2.15. The van der Waals surface area contributed by atoms with Gasteiger partial charge in [-0.25, -0.2) is 5.43 Å². The van der Waals surface area contributed by atoms with Gasteiger partial charge in [0.1, 0.15) is 12.2 Å². The van der Waals surface area contributed by atoms with Crippen molar-refractivity contribution in [3.8, 4) is 5.75 Å². The largest absolute Gasteiger partial charge is 0.497 e. The number of hydrogen-bond acceptors (Lipinski definition) is 5. The molecule has 0 atom stereocenters. The predicted molar refractivity (Wildman–Crippen MR) is 111 cm³/mol. The highest BCUT2D eigenvalue weighted by Gasteiger charge is 2.03. The van der Waals surface area contributed by atoms with Crippen molar-refractivity contribution in [3.05, 3.63) is 30.0 Å². The lowest BCUT2D eigenvalue weighted by molar-refractivity contribution is -0.147. The molecule has 10 heteroatoms. The summed E-state index contributed by atoms with van der Waals surface area (Å²) in [6, 6.07) is 5.86. The van der Waals surface area contributed by atoms with Crippen LogP contribution in [0.5, 0.6) is 5.75 Å². The summed E-state index contributed by atoms with van der Waals surface area (Å²) in [5.74, 6) is -1.48. The Hall–Kier alpha value is -3.56. The van der Waals surface area contributed by atoms with Crippen LogP contribution in [-0.2, 0) is 9.59 Å². The second-order valence-electron chi connectivity index (χ2n) is 5.96. The number of nitrogens with two attached hydrogens (primary N) is 1. The van der Waals surface area contributed by atoms with Gasteiger partial charge in [0.15, 0.2) is 0 Å². The van der Waals surface area contributed by atoms with Gasteiger partial charge in [-0.05, 0) is 24.6 Å². The van der Waals surface area contributed by atoms with Crippen molar-refractivity contribution in [2.24, 2.45) is 15.8 Å². The number of ether oxygens (including phenoxy) is 1. The third kappa shape index (κ3) is 9.27. The number of aliphatic imine (C=N–C) groups is 1. The second-order valence-corrected chi connectivity index (χ2v) is 5.96. The number of nitrogens with zero attached hydrogens (tertiary/aromatic N) is 2. The molecule has 0 bridgehead atoms. The summed E-state index contributed by atoms with van der Waals surface area (Å²) in [6.07, 6.45) is 6.18. The molecule has 2 aromatic rings. The van der Waals surface area contributed by atoms with Gasteiger partial charge in [0.05, 0.1) is 13.3 Å². The van der Waals surface area contributed by atoms with Crippen LogP contribution < -0.4 is 15.9 Å². The molecule has 158 valence electrons. The van der Waals surface area contributed by atoms with Crippen molar-refractivity contribution in [2.45, 2.75) is 32.6 Å². The van der Waals surface area contributed by atoms with Crippen molar-refractivity contribution in [3.63, 3.8) is 0 Å². The molecule has 0 aliphatic heterocycles. The molecule has 0 spiro atoms. The number of unbranched alkanes of at least 4 members (excludes halogenated alkanes) is 2. The van der Waals surface area contributed by atoms with E-state index in [9.17, 15) is 9.59 Å². The van der Waals surface area contributed by atoms with Gasteiger partial charge < -0.3 is 25.7 Å². The van der Waals surface area contributed by atoms with Crippen LogP contribution in [0.2, 0.25) is 0 Å². The number of aromatic amines is 1. The molecule has 0 radical (unpaired) electrons. The smallest absolute Gasteiger partial charge is 0.314 e. The first-order valence-electron chi connectivity index (χ1n) is 9.05. The number of carbonyl (C=O) groups is 2. The summed E-state index contributed by atoms with van der Waals surface area (Å²) < 4.78 is 5.24. The van der Waals surface area contributed by atoms with Crippen LogP contribution in [0.4, 0.5) is 0 Å². The molecule has 1 heterocycles. The first kappa shape index (κ1) is 23.5. The zero-order valence-electron chi connectivity index (χ0n) is 16.5. The van der Waals surface area contributed by atoms with E-state index >= 15 is 0 Å². The van der Waals surface area contributed by atoms with E-state index in [4.69, 9.17) is 20.7 Å². The van der Waals surface area contributed by atoms with E-state index in [1.165, 1.54) is 6.42 Å². The van der Waals surface area contributed by atoms with Crippen LogP contribution in [0.1, 0.15) is 38.2 Å². The Labute approximate surface area is 168 Å². The number of aliphatic carboxylic acids is 2. The Morgan fingerprint density at radius 1 is 1.28 bits per heavy atom. The quantitative estimate of drug-likeness (QED) is 0.140. The Bertz CT molecular complexity index is 848. The number of aromatic nitrogens is 1. The minimum atomic E-state index is -1.31. The average Bonchev–Trinajstić information content (AvgIpc) is 3.07. The molecule has 29 heavy (non-hydrogen) atoms. The van der Waals surface area contributed by atoms with Gasteiger partial charge in [-0.1, -0.05) is 19.8 Å². The summed E-state index contributed by atoms with van der Waals surface area (Å²) in [7, 11) is 1.65. The van der Waals surface area contributed by atoms with Gasteiger partial charge in [-0.2, -0.15) is 5.10 Å². The highest BCUT2D eigenvalue weighted by Crippen LogP contribution is 2.22. The van der Waals surface area contributed by atoms with Crippen molar-refractivity contribution < 1.29 is 24.5 Å². The van der Waals surface area contributed by atoms with Crippen LogP contribution in [0, 0.1) is 0 Å². The number of carboxylic acid groups (broad SMARTS) is 2. The summed E-state index contributed by atoms with van der Waals surface area (Å²) in [5.41, 5.74) is 10.5. The monoisotopic (exact) mass is 405 g/mol. The Balaban J connectivity index is 0.000000516. The molecule has 1 aromatic heterocycles. The molecule has 0 saturated heterocycles.